The van der Waals surface area contributed by atoms with E-state index in [9.17, 15) is 13.2 Å². The van der Waals surface area contributed by atoms with Gasteiger partial charge in [0, 0.05) is 23.3 Å². The van der Waals surface area contributed by atoms with Crippen molar-refractivity contribution in [2.45, 2.75) is 19.5 Å². The number of fused-ring (bicyclic) bond motifs is 1. The zero-order valence-electron chi connectivity index (χ0n) is 9.88. The maximum absolute atomic E-state index is 12.1. The summed E-state index contributed by atoms with van der Waals surface area (Å²) in [6.45, 7) is 1.69. The standard InChI is InChI=1S/C13H13F3N2/c1-9-8-12(17-7-6-13(14,15)16)10-4-2-3-5-11(10)18-9/h2-5,8H,6-7H2,1H3,(H,17,18). The number of anilines is 1. The molecule has 18 heavy (non-hydrogen) atoms. The van der Waals surface area contributed by atoms with E-state index in [2.05, 4.69) is 10.3 Å². The van der Waals surface area contributed by atoms with E-state index in [1.54, 1.807) is 6.07 Å². The van der Waals surface area contributed by atoms with Gasteiger partial charge in [-0.2, -0.15) is 13.2 Å². The van der Waals surface area contributed by atoms with Crippen LogP contribution in [0.2, 0.25) is 0 Å². The molecule has 0 aliphatic carbocycles. The van der Waals surface area contributed by atoms with Crippen molar-refractivity contribution in [3.63, 3.8) is 0 Å². The van der Waals surface area contributed by atoms with E-state index >= 15 is 0 Å². The number of hydrogen-bond donors (Lipinski definition) is 1. The first-order valence-corrected chi connectivity index (χ1v) is 5.63. The number of pyridine rings is 1. The summed E-state index contributed by atoms with van der Waals surface area (Å²) < 4.78 is 36.3. The monoisotopic (exact) mass is 254 g/mol. The highest BCUT2D eigenvalue weighted by atomic mass is 19.4. The van der Waals surface area contributed by atoms with E-state index in [0.29, 0.717) is 5.69 Å². The van der Waals surface area contributed by atoms with Crippen molar-refractivity contribution in [3.05, 3.63) is 36.0 Å². The maximum atomic E-state index is 12.1. The normalized spacial score (nSPS) is 11.8. The lowest BCUT2D eigenvalue weighted by molar-refractivity contribution is -0.131. The van der Waals surface area contributed by atoms with E-state index in [0.717, 1.165) is 16.6 Å². The number of halogens is 3. The molecule has 0 spiro atoms. The van der Waals surface area contributed by atoms with E-state index < -0.39 is 12.6 Å². The van der Waals surface area contributed by atoms with Crippen LogP contribution < -0.4 is 5.32 Å². The number of aryl methyl sites for hydroxylation is 1. The summed E-state index contributed by atoms with van der Waals surface area (Å²) in [4.78, 5) is 4.33. The fourth-order valence-electron chi connectivity index (χ4n) is 1.79. The van der Waals surface area contributed by atoms with Crippen molar-refractivity contribution in [3.8, 4) is 0 Å². The lowest BCUT2D eigenvalue weighted by Gasteiger charge is -2.11. The molecule has 0 aliphatic heterocycles. The Balaban J connectivity index is 2.22. The molecule has 2 aromatic rings. The van der Waals surface area contributed by atoms with Crippen LogP contribution in [0.5, 0.6) is 0 Å². The second-order valence-electron chi connectivity index (χ2n) is 4.12. The van der Waals surface area contributed by atoms with Crippen LogP contribution in [0.3, 0.4) is 0 Å². The highest BCUT2D eigenvalue weighted by Crippen LogP contribution is 2.24. The molecule has 0 fully saturated rings. The Labute approximate surface area is 103 Å². The molecular formula is C13H13F3N2. The van der Waals surface area contributed by atoms with Gasteiger partial charge >= 0.3 is 6.18 Å². The van der Waals surface area contributed by atoms with Crippen molar-refractivity contribution in [1.82, 2.24) is 4.98 Å². The number of nitrogens with one attached hydrogen (secondary N) is 1. The highest BCUT2D eigenvalue weighted by Gasteiger charge is 2.26. The highest BCUT2D eigenvalue weighted by molar-refractivity contribution is 5.91. The van der Waals surface area contributed by atoms with Gasteiger partial charge < -0.3 is 5.32 Å². The minimum Gasteiger partial charge on any atom is -0.384 e. The van der Waals surface area contributed by atoms with Gasteiger partial charge in [-0.05, 0) is 19.1 Å². The fraction of sp³-hybridized carbons (Fsp3) is 0.308. The van der Waals surface area contributed by atoms with Gasteiger partial charge in [0.2, 0.25) is 0 Å². The molecule has 0 bridgehead atoms. The first-order chi connectivity index (χ1) is 8.46. The van der Waals surface area contributed by atoms with Crippen molar-refractivity contribution >= 4 is 16.6 Å². The molecule has 0 saturated heterocycles. The predicted molar refractivity (Wildman–Crippen MR) is 65.6 cm³/mol. The van der Waals surface area contributed by atoms with Gasteiger partial charge in [-0.1, -0.05) is 18.2 Å². The minimum atomic E-state index is -4.13. The van der Waals surface area contributed by atoms with Crippen LogP contribution in [0.1, 0.15) is 12.1 Å². The molecule has 0 amide bonds. The Morgan fingerprint density at radius 1 is 1.22 bits per heavy atom. The summed E-state index contributed by atoms with van der Waals surface area (Å²) in [5.41, 5.74) is 2.26. The number of para-hydroxylation sites is 1. The topological polar surface area (TPSA) is 24.9 Å². The number of rotatable bonds is 3. The van der Waals surface area contributed by atoms with E-state index in [4.69, 9.17) is 0 Å². The average Bonchev–Trinajstić information content (AvgIpc) is 2.27. The lowest BCUT2D eigenvalue weighted by Crippen LogP contribution is -2.14. The van der Waals surface area contributed by atoms with Crippen LogP contribution in [0, 0.1) is 6.92 Å². The Hall–Kier alpha value is -1.78. The van der Waals surface area contributed by atoms with Gasteiger partial charge in [0.05, 0.1) is 11.9 Å². The first-order valence-electron chi connectivity index (χ1n) is 5.63. The van der Waals surface area contributed by atoms with Gasteiger partial charge in [0.25, 0.3) is 0 Å². The Kier molecular flexibility index (Phi) is 3.41. The van der Waals surface area contributed by atoms with Crippen LogP contribution in [-0.4, -0.2) is 17.7 Å². The van der Waals surface area contributed by atoms with Gasteiger partial charge in [-0.3, -0.25) is 4.98 Å². The summed E-state index contributed by atoms with van der Waals surface area (Å²) in [7, 11) is 0. The van der Waals surface area contributed by atoms with Gasteiger partial charge in [0.15, 0.2) is 0 Å². The molecule has 1 heterocycles. The molecule has 0 radical (unpaired) electrons. The molecule has 2 rings (SSSR count). The van der Waals surface area contributed by atoms with Crippen LogP contribution >= 0.6 is 0 Å². The van der Waals surface area contributed by atoms with Crippen molar-refractivity contribution in [2.24, 2.45) is 0 Å². The minimum absolute atomic E-state index is 0.128. The van der Waals surface area contributed by atoms with Crippen molar-refractivity contribution in [2.75, 3.05) is 11.9 Å². The summed E-state index contributed by atoms with van der Waals surface area (Å²) in [5, 5.41) is 3.66. The van der Waals surface area contributed by atoms with Crippen molar-refractivity contribution < 1.29 is 13.2 Å². The average molecular weight is 254 g/mol. The van der Waals surface area contributed by atoms with Crippen LogP contribution in [-0.2, 0) is 0 Å². The third-order valence-corrected chi connectivity index (χ3v) is 2.57. The zero-order chi connectivity index (χ0) is 13.2. The Bertz CT molecular complexity index is 549. The van der Waals surface area contributed by atoms with E-state index in [1.165, 1.54) is 0 Å². The number of nitrogens with zero attached hydrogens (tertiary/aromatic N) is 1. The fourth-order valence-corrected chi connectivity index (χ4v) is 1.79. The first kappa shape index (κ1) is 12.7. The Morgan fingerprint density at radius 2 is 1.94 bits per heavy atom. The molecule has 0 unspecified atom stereocenters. The molecule has 0 saturated carbocycles. The number of alkyl halides is 3. The third-order valence-electron chi connectivity index (χ3n) is 2.57. The molecule has 1 aromatic heterocycles. The molecular weight excluding hydrogens is 241 g/mol. The maximum Gasteiger partial charge on any atom is 0.390 e. The van der Waals surface area contributed by atoms with Gasteiger partial charge in [-0.25, -0.2) is 0 Å². The second-order valence-corrected chi connectivity index (χ2v) is 4.12. The van der Waals surface area contributed by atoms with Crippen LogP contribution in [0.25, 0.3) is 10.9 Å². The molecule has 1 N–H and O–H groups in total. The summed E-state index contributed by atoms with van der Waals surface area (Å²) >= 11 is 0. The molecule has 0 atom stereocenters. The quantitative estimate of drug-likeness (QED) is 0.898. The third kappa shape index (κ3) is 3.12. The van der Waals surface area contributed by atoms with E-state index in [1.807, 2.05) is 31.2 Å². The number of aromatic nitrogens is 1. The number of hydrogen-bond acceptors (Lipinski definition) is 2. The molecule has 0 aliphatic rings. The smallest absolute Gasteiger partial charge is 0.384 e. The summed E-state index contributed by atoms with van der Waals surface area (Å²) in [5.74, 6) is 0. The molecule has 2 nitrogen and oxygen atoms in total. The van der Waals surface area contributed by atoms with Gasteiger partial charge in [0.1, 0.15) is 0 Å². The van der Waals surface area contributed by atoms with Gasteiger partial charge in [-0.15, -0.1) is 0 Å². The van der Waals surface area contributed by atoms with E-state index in [-0.39, 0.29) is 6.54 Å². The van der Waals surface area contributed by atoms with Crippen molar-refractivity contribution in [1.29, 1.82) is 0 Å². The number of benzene rings is 1. The molecule has 96 valence electrons. The predicted octanol–water partition coefficient (Wildman–Crippen LogP) is 3.91. The largest absolute Gasteiger partial charge is 0.390 e. The molecule has 1 aromatic carbocycles. The zero-order valence-corrected chi connectivity index (χ0v) is 9.88. The summed E-state index contributed by atoms with van der Waals surface area (Å²) in [6.07, 6.45) is -4.98. The second kappa shape index (κ2) is 4.84. The Morgan fingerprint density at radius 3 is 2.67 bits per heavy atom. The molecule has 5 heteroatoms. The SMILES string of the molecule is Cc1cc(NCCC(F)(F)F)c2ccccc2n1. The van der Waals surface area contributed by atoms with Crippen LogP contribution in [0.4, 0.5) is 18.9 Å². The lowest BCUT2D eigenvalue weighted by atomic mass is 10.1. The summed E-state index contributed by atoms with van der Waals surface area (Å²) in [6, 6.07) is 9.15. The van der Waals surface area contributed by atoms with Crippen LogP contribution in [0.15, 0.2) is 30.3 Å².